The van der Waals surface area contributed by atoms with Crippen LogP contribution in [0.4, 0.5) is 0 Å². The Balaban J connectivity index is 4.78. The van der Waals surface area contributed by atoms with E-state index in [1.807, 2.05) is 0 Å². The standard InChI is InChI=1S/C14H32N2O2/c1-6-9-10-11-14(15(7-2)8-3)16(12(4)17)13(5)18/h12-14,17-18H,6-11H2,1-5H3. The molecule has 0 saturated carbocycles. The predicted octanol–water partition coefficient (Wildman–Crippen LogP) is 2.21. The van der Waals surface area contributed by atoms with Crippen LogP contribution in [0.25, 0.3) is 0 Å². The fourth-order valence-electron chi connectivity index (χ4n) is 2.55. The fourth-order valence-corrected chi connectivity index (χ4v) is 2.55. The maximum absolute atomic E-state index is 9.89. The number of nitrogens with zero attached hydrogens (tertiary/aromatic N) is 2. The molecule has 0 saturated heterocycles. The van der Waals surface area contributed by atoms with Crippen molar-refractivity contribution in [2.24, 2.45) is 0 Å². The molecule has 0 aliphatic carbocycles. The Bertz CT molecular complexity index is 186. The van der Waals surface area contributed by atoms with E-state index in [1.54, 1.807) is 18.7 Å². The highest BCUT2D eigenvalue weighted by Gasteiger charge is 2.29. The van der Waals surface area contributed by atoms with Gasteiger partial charge < -0.3 is 10.2 Å². The molecule has 0 amide bonds. The first-order chi connectivity index (χ1) is 8.49. The monoisotopic (exact) mass is 260 g/mol. The Morgan fingerprint density at radius 2 is 1.39 bits per heavy atom. The van der Waals surface area contributed by atoms with Crippen LogP contribution in [-0.2, 0) is 0 Å². The van der Waals surface area contributed by atoms with Crippen LogP contribution in [0.3, 0.4) is 0 Å². The molecule has 0 aliphatic heterocycles. The van der Waals surface area contributed by atoms with Crippen LogP contribution in [0.5, 0.6) is 0 Å². The van der Waals surface area contributed by atoms with Crippen molar-refractivity contribution >= 4 is 0 Å². The van der Waals surface area contributed by atoms with Gasteiger partial charge in [-0.15, -0.1) is 0 Å². The van der Waals surface area contributed by atoms with Gasteiger partial charge in [0.1, 0.15) is 12.5 Å². The third-order valence-electron chi connectivity index (χ3n) is 3.51. The Hall–Kier alpha value is -0.160. The lowest BCUT2D eigenvalue weighted by Crippen LogP contribution is -2.55. The van der Waals surface area contributed by atoms with Gasteiger partial charge in [-0.3, -0.25) is 4.90 Å². The van der Waals surface area contributed by atoms with Crippen LogP contribution in [0.1, 0.15) is 60.3 Å². The zero-order valence-corrected chi connectivity index (χ0v) is 12.8. The first-order valence-corrected chi connectivity index (χ1v) is 7.37. The van der Waals surface area contributed by atoms with Crippen molar-refractivity contribution in [3.8, 4) is 0 Å². The molecule has 0 aromatic heterocycles. The second kappa shape index (κ2) is 9.73. The molecule has 110 valence electrons. The summed E-state index contributed by atoms with van der Waals surface area (Å²) in [7, 11) is 0. The van der Waals surface area contributed by atoms with Crippen LogP contribution < -0.4 is 0 Å². The maximum atomic E-state index is 9.89. The molecule has 0 aromatic rings. The predicted molar refractivity (Wildman–Crippen MR) is 76.1 cm³/mol. The smallest absolute Gasteiger partial charge is 0.107 e. The van der Waals surface area contributed by atoms with Crippen molar-refractivity contribution in [3.05, 3.63) is 0 Å². The van der Waals surface area contributed by atoms with Gasteiger partial charge in [0, 0.05) is 0 Å². The van der Waals surface area contributed by atoms with Crippen molar-refractivity contribution in [2.75, 3.05) is 13.1 Å². The third kappa shape index (κ3) is 5.65. The summed E-state index contributed by atoms with van der Waals surface area (Å²) in [4.78, 5) is 4.10. The summed E-state index contributed by atoms with van der Waals surface area (Å²) in [6, 6.07) is 0. The first-order valence-electron chi connectivity index (χ1n) is 7.37. The SMILES string of the molecule is CCCCCC(N(CC)CC)N(C(C)O)C(C)O. The van der Waals surface area contributed by atoms with Gasteiger partial charge in [-0.2, -0.15) is 0 Å². The van der Waals surface area contributed by atoms with Gasteiger partial charge in [-0.05, 0) is 33.4 Å². The molecule has 3 unspecified atom stereocenters. The molecule has 0 aliphatic rings. The van der Waals surface area contributed by atoms with Crippen LogP contribution in [0.15, 0.2) is 0 Å². The minimum absolute atomic E-state index is 0.117. The number of rotatable bonds is 10. The molecule has 2 N–H and O–H groups in total. The number of unbranched alkanes of at least 4 members (excludes halogenated alkanes) is 2. The van der Waals surface area contributed by atoms with Crippen LogP contribution in [0, 0.1) is 0 Å². The summed E-state index contributed by atoms with van der Waals surface area (Å²) < 4.78 is 0. The van der Waals surface area contributed by atoms with Gasteiger partial charge in [-0.25, -0.2) is 4.90 Å². The number of aliphatic hydroxyl groups is 2. The molecule has 4 heteroatoms. The number of hydrogen-bond acceptors (Lipinski definition) is 4. The second-order valence-corrected chi connectivity index (χ2v) is 4.91. The van der Waals surface area contributed by atoms with Crippen molar-refractivity contribution in [1.82, 2.24) is 9.80 Å². The average molecular weight is 260 g/mol. The lowest BCUT2D eigenvalue weighted by Gasteiger charge is -2.42. The molecule has 0 spiro atoms. The quantitative estimate of drug-likeness (QED) is 0.467. The summed E-state index contributed by atoms with van der Waals surface area (Å²) in [5.74, 6) is 0. The highest BCUT2D eigenvalue weighted by atomic mass is 16.3. The zero-order chi connectivity index (χ0) is 14.1. The van der Waals surface area contributed by atoms with E-state index in [1.165, 1.54) is 12.8 Å². The Labute approximate surface area is 113 Å². The van der Waals surface area contributed by atoms with E-state index in [2.05, 4.69) is 25.7 Å². The molecular weight excluding hydrogens is 228 g/mol. The molecule has 0 aromatic carbocycles. The minimum Gasteiger partial charge on any atom is -0.379 e. The third-order valence-corrected chi connectivity index (χ3v) is 3.51. The molecule has 0 heterocycles. The van der Waals surface area contributed by atoms with Crippen LogP contribution >= 0.6 is 0 Å². The number of aliphatic hydroxyl groups excluding tert-OH is 2. The van der Waals surface area contributed by atoms with E-state index in [0.717, 1.165) is 25.9 Å². The van der Waals surface area contributed by atoms with E-state index in [0.29, 0.717) is 0 Å². The lowest BCUT2D eigenvalue weighted by atomic mass is 10.1. The van der Waals surface area contributed by atoms with Gasteiger partial charge in [0.05, 0.1) is 6.17 Å². The van der Waals surface area contributed by atoms with Crippen LogP contribution in [0.2, 0.25) is 0 Å². The van der Waals surface area contributed by atoms with Crippen molar-refractivity contribution in [3.63, 3.8) is 0 Å². The topological polar surface area (TPSA) is 46.9 Å². The van der Waals surface area contributed by atoms with Crippen molar-refractivity contribution in [1.29, 1.82) is 0 Å². The summed E-state index contributed by atoms with van der Waals surface area (Å²) in [5.41, 5.74) is 0. The molecule has 0 rings (SSSR count). The fraction of sp³-hybridized carbons (Fsp3) is 1.00. The van der Waals surface area contributed by atoms with Crippen LogP contribution in [-0.4, -0.2) is 51.7 Å². The molecule has 3 atom stereocenters. The van der Waals surface area contributed by atoms with E-state index in [9.17, 15) is 10.2 Å². The molecule has 0 bridgehead atoms. The van der Waals surface area contributed by atoms with Gasteiger partial charge >= 0.3 is 0 Å². The number of hydrogen-bond donors (Lipinski definition) is 2. The molecule has 18 heavy (non-hydrogen) atoms. The summed E-state index contributed by atoms with van der Waals surface area (Å²) in [5, 5.41) is 19.8. The average Bonchev–Trinajstić information content (AvgIpc) is 2.29. The Morgan fingerprint density at radius 1 is 0.889 bits per heavy atom. The lowest BCUT2D eigenvalue weighted by molar-refractivity contribution is -0.147. The second-order valence-electron chi connectivity index (χ2n) is 4.91. The summed E-state index contributed by atoms with van der Waals surface area (Å²) in [6.07, 6.45) is 3.37. The van der Waals surface area contributed by atoms with E-state index < -0.39 is 12.5 Å². The van der Waals surface area contributed by atoms with Gasteiger partial charge in [0.25, 0.3) is 0 Å². The summed E-state index contributed by atoms with van der Waals surface area (Å²) in [6.45, 7) is 11.8. The van der Waals surface area contributed by atoms with E-state index in [-0.39, 0.29) is 6.17 Å². The molecule has 4 nitrogen and oxygen atoms in total. The highest BCUT2D eigenvalue weighted by Crippen LogP contribution is 2.18. The minimum atomic E-state index is -0.628. The van der Waals surface area contributed by atoms with Gasteiger partial charge in [0.15, 0.2) is 0 Å². The van der Waals surface area contributed by atoms with Crippen molar-refractivity contribution < 1.29 is 10.2 Å². The Morgan fingerprint density at radius 3 is 1.72 bits per heavy atom. The zero-order valence-electron chi connectivity index (χ0n) is 12.8. The van der Waals surface area contributed by atoms with E-state index in [4.69, 9.17) is 0 Å². The molecular formula is C14H32N2O2. The largest absolute Gasteiger partial charge is 0.379 e. The first kappa shape index (κ1) is 17.8. The highest BCUT2D eigenvalue weighted by molar-refractivity contribution is 4.74. The molecule has 0 radical (unpaired) electrons. The molecule has 0 fully saturated rings. The van der Waals surface area contributed by atoms with Crippen molar-refractivity contribution in [2.45, 2.75) is 78.9 Å². The Kier molecular flexibility index (Phi) is 9.64. The summed E-state index contributed by atoms with van der Waals surface area (Å²) >= 11 is 0. The van der Waals surface area contributed by atoms with Gasteiger partial charge in [0.2, 0.25) is 0 Å². The van der Waals surface area contributed by atoms with E-state index >= 15 is 0 Å². The normalized spacial score (nSPS) is 17.2. The maximum Gasteiger partial charge on any atom is 0.107 e. The van der Waals surface area contributed by atoms with Gasteiger partial charge in [-0.1, -0.05) is 40.0 Å².